The molecule has 0 bridgehead atoms. The zero-order valence-corrected chi connectivity index (χ0v) is 12.7. The molecule has 0 fully saturated rings. The van der Waals surface area contributed by atoms with Gasteiger partial charge in [0.15, 0.2) is 5.78 Å². The molecule has 1 rings (SSSR count). The van der Waals surface area contributed by atoms with E-state index in [0.717, 1.165) is 37.7 Å². The van der Waals surface area contributed by atoms with Crippen molar-refractivity contribution in [1.29, 1.82) is 0 Å². The number of esters is 1. The molecule has 112 valence electrons. The van der Waals surface area contributed by atoms with Crippen molar-refractivity contribution in [3.05, 3.63) is 23.8 Å². The summed E-state index contributed by atoms with van der Waals surface area (Å²) < 4.78 is 4.60. The Morgan fingerprint density at radius 3 is 2.80 bits per heavy atom. The van der Waals surface area contributed by atoms with E-state index in [4.69, 9.17) is 0 Å². The van der Waals surface area contributed by atoms with Gasteiger partial charge >= 0.3 is 5.97 Å². The van der Waals surface area contributed by atoms with Crippen LogP contribution < -0.4 is 0 Å². The quantitative estimate of drug-likeness (QED) is 0.364. The third-order valence-corrected chi connectivity index (χ3v) is 3.71. The van der Waals surface area contributed by atoms with Crippen LogP contribution in [0.15, 0.2) is 23.8 Å². The molecule has 0 aromatic rings. The van der Waals surface area contributed by atoms with Crippen molar-refractivity contribution in [3.8, 4) is 0 Å². The summed E-state index contributed by atoms with van der Waals surface area (Å²) in [7, 11) is 1.42. The lowest BCUT2D eigenvalue weighted by atomic mass is 9.95. The van der Waals surface area contributed by atoms with Crippen molar-refractivity contribution in [3.63, 3.8) is 0 Å². The molecule has 0 aliphatic heterocycles. The number of allylic oxidation sites excluding steroid dienone is 4. The van der Waals surface area contributed by atoms with Crippen LogP contribution in [0, 0.1) is 5.92 Å². The Bertz CT molecular complexity index is 380. The largest absolute Gasteiger partial charge is 0.469 e. The summed E-state index contributed by atoms with van der Waals surface area (Å²) in [5, 5.41) is 0. The molecule has 0 amide bonds. The minimum atomic E-state index is -0.141. The van der Waals surface area contributed by atoms with E-state index in [1.165, 1.54) is 20.0 Å². The van der Waals surface area contributed by atoms with Crippen LogP contribution >= 0.6 is 0 Å². The summed E-state index contributed by atoms with van der Waals surface area (Å²) in [4.78, 5) is 22.7. The molecule has 0 N–H and O–H groups in total. The van der Waals surface area contributed by atoms with Crippen molar-refractivity contribution < 1.29 is 14.3 Å². The fourth-order valence-corrected chi connectivity index (χ4v) is 2.46. The van der Waals surface area contributed by atoms with E-state index in [9.17, 15) is 9.59 Å². The van der Waals surface area contributed by atoms with E-state index in [1.54, 1.807) is 6.08 Å². The van der Waals surface area contributed by atoms with Crippen LogP contribution in [-0.2, 0) is 14.3 Å². The maximum Gasteiger partial charge on any atom is 0.305 e. The highest BCUT2D eigenvalue weighted by Crippen LogP contribution is 2.27. The molecule has 20 heavy (non-hydrogen) atoms. The highest BCUT2D eigenvalue weighted by atomic mass is 16.5. The van der Waals surface area contributed by atoms with Crippen molar-refractivity contribution in [2.45, 2.75) is 58.3 Å². The number of carbonyl (C=O) groups excluding carboxylic acids is 2. The van der Waals surface area contributed by atoms with E-state index in [-0.39, 0.29) is 11.8 Å². The van der Waals surface area contributed by atoms with E-state index in [1.807, 2.05) is 6.08 Å². The van der Waals surface area contributed by atoms with Crippen molar-refractivity contribution >= 4 is 11.8 Å². The standard InChI is InChI=1S/C17H26O3/c1-3-4-9-14-12-13-16(18)15(14)10-7-5-6-8-11-17(19)20-2/h10,12-14H,3-9,11H2,1-2H3/b15-10+. The number of hydrogen-bond acceptors (Lipinski definition) is 3. The maximum absolute atomic E-state index is 11.8. The third kappa shape index (κ3) is 5.72. The van der Waals surface area contributed by atoms with Gasteiger partial charge in [0.25, 0.3) is 0 Å². The van der Waals surface area contributed by atoms with E-state index in [0.29, 0.717) is 12.3 Å². The molecule has 0 aromatic carbocycles. The summed E-state index contributed by atoms with van der Waals surface area (Å²) in [5.41, 5.74) is 0.978. The second-order valence-electron chi connectivity index (χ2n) is 5.31. The number of carbonyl (C=O) groups is 2. The molecular formula is C17H26O3. The average molecular weight is 278 g/mol. The van der Waals surface area contributed by atoms with Gasteiger partial charge in [-0.05, 0) is 31.8 Å². The van der Waals surface area contributed by atoms with Gasteiger partial charge in [0.2, 0.25) is 0 Å². The minimum absolute atomic E-state index is 0.141. The van der Waals surface area contributed by atoms with Gasteiger partial charge in [-0.3, -0.25) is 9.59 Å². The highest BCUT2D eigenvalue weighted by molar-refractivity contribution is 6.07. The van der Waals surface area contributed by atoms with E-state index < -0.39 is 0 Å². The van der Waals surface area contributed by atoms with Gasteiger partial charge in [-0.15, -0.1) is 0 Å². The predicted octanol–water partition coefficient (Wildman–Crippen LogP) is 3.98. The summed E-state index contributed by atoms with van der Waals surface area (Å²) >= 11 is 0. The Hall–Kier alpha value is -1.38. The maximum atomic E-state index is 11.8. The smallest absolute Gasteiger partial charge is 0.305 e. The van der Waals surface area contributed by atoms with Crippen molar-refractivity contribution in [2.24, 2.45) is 5.92 Å². The minimum Gasteiger partial charge on any atom is -0.469 e. The number of ether oxygens (including phenoxy) is 1. The topological polar surface area (TPSA) is 43.4 Å². The van der Waals surface area contributed by atoms with Crippen LogP contribution in [0.3, 0.4) is 0 Å². The molecule has 0 aromatic heterocycles. The summed E-state index contributed by atoms with van der Waals surface area (Å²) in [6.07, 6.45) is 13.6. The molecule has 1 unspecified atom stereocenters. The first-order valence-electron chi connectivity index (χ1n) is 7.68. The number of methoxy groups -OCH3 is 1. The normalized spacial score (nSPS) is 19.8. The molecule has 0 saturated heterocycles. The molecule has 0 spiro atoms. The first-order chi connectivity index (χ1) is 9.69. The fraction of sp³-hybridized carbons (Fsp3) is 0.647. The lowest BCUT2D eigenvalue weighted by Crippen LogP contribution is -2.03. The first-order valence-corrected chi connectivity index (χ1v) is 7.68. The molecule has 1 atom stereocenters. The highest BCUT2D eigenvalue weighted by Gasteiger charge is 2.21. The summed E-state index contributed by atoms with van der Waals surface area (Å²) in [6, 6.07) is 0. The van der Waals surface area contributed by atoms with Gasteiger partial charge < -0.3 is 4.74 Å². The number of rotatable bonds is 9. The third-order valence-electron chi connectivity index (χ3n) is 3.71. The van der Waals surface area contributed by atoms with Crippen LogP contribution in [0.5, 0.6) is 0 Å². The molecule has 3 heteroatoms. The van der Waals surface area contributed by atoms with E-state index >= 15 is 0 Å². The van der Waals surface area contributed by atoms with Gasteiger partial charge in [-0.2, -0.15) is 0 Å². The van der Waals surface area contributed by atoms with E-state index in [2.05, 4.69) is 17.7 Å². The van der Waals surface area contributed by atoms with Crippen molar-refractivity contribution in [1.82, 2.24) is 0 Å². The zero-order chi connectivity index (χ0) is 14.8. The lowest BCUT2D eigenvalue weighted by Gasteiger charge is -2.09. The van der Waals surface area contributed by atoms with Crippen LogP contribution in [0.4, 0.5) is 0 Å². The second-order valence-corrected chi connectivity index (χ2v) is 5.31. The summed E-state index contributed by atoms with van der Waals surface area (Å²) in [6.45, 7) is 2.17. The molecule has 1 aliphatic rings. The second kappa shape index (κ2) is 9.51. The molecular weight excluding hydrogens is 252 g/mol. The predicted molar refractivity (Wildman–Crippen MR) is 80.3 cm³/mol. The molecule has 1 aliphatic carbocycles. The summed E-state index contributed by atoms with van der Waals surface area (Å²) in [5.74, 6) is 0.372. The molecule has 0 saturated carbocycles. The Labute approximate surface area is 122 Å². The zero-order valence-electron chi connectivity index (χ0n) is 12.7. The van der Waals surface area contributed by atoms with Crippen LogP contribution in [0.2, 0.25) is 0 Å². The van der Waals surface area contributed by atoms with Crippen molar-refractivity contribution in [2.75, 3.05) is 7.11 Å². The van der Waals surface area contributed by atoms with Crippen LogP contribution in [-0.4, -0.2) is 18.9 Å². The van der Waals surface area contributed by atoms with Gasteiger partial charge in [0, 0.05) is 17.9 Å². The van der Waals surface area contributed by atoms with Crippen LogP contribution in [0.25, 0.3) is 0 Å². The van der Waals surface area contributed by atoms with Gasteiger partial charge in [-0.1, -0.05) is 38.3 Å². The molecule has 0 radical (unpaired) electrons. The van der Waals surface area contributed by atoms with Gasteiger partial charge in [-0.25, -0.2) is 0 Å². The number of unbranched alkanes of at least 4 members (excludes halogenated alkanes) is 4. The average Bonchev–Trinajstić information content (AvgIpc) is 2.80. The number of ketones is 1. The van der Waals surface area contributed by atoms with Gasteiger partial charge in [0.05, 0.1) is 7.11 Å². The Morgan fingerprint density at radius 2 is 2.10 bits per heavy atom. The Balaban J connectivity index is 2.26. The molecule has 0 heterocycles. The molecule has 3 nitrogen and oxygen atoms in total. The monoisotopic (exact) mass is 278 g/mol. The van der Waals surface area contributed by atoms with Crippen LogP contribution in [0.1, 0.15) is 58.3 Å². The first kappa shape index (κ1) is 16.7. The SMILES string of the molecule is CCCCC1C=CC(=O)/C1=C/CCCCCC(=O)OC. The Morgan fingerprint density at radius 1 is 1.30 bits per heavy atom. The lowest BCUT2D eigenvalue weighted by molar-refractivity contribution is -0.140. The fourth-order valence-electron chi connectivity index (χ4n) is 2.46. The Kier molecular flexibility index (Phi) is 7.93. The van der Waals surface area contributed by atoms with Gasteiger partial charge in [0.1, 0.15) is 0 Å². The number of hydrogen-bond donors (Lipinski definition) is 0.